The fraction of sp³-hybridized carbons (Fsp3) is 0.368. The van der Waals surface area contributed by atoms with Gasteiger partial charge in [-0.3, -0.25) is 9.48 Å². The lowest BCUT2D eigenvalue weighted by atomic mass is 10.1. The lowest BCUT2D eigenvalue weighted by Gasteiger charge is -2.22. The highest BCUT2D eigenvalue weighted by Gasteiger charge is 2.19. The Kier molecular flexibility index (Phi) is 4.97. The van der Waals surface area contributed by atoms with E-state index in [9.17, 15) is 4.79 Å². The highest BCUT2D eigenvalue weighted by molar-refractivity contribution is 5.92. The summed E-state index contributed by atoms with van der Waals surface area (Å²) in [4.78, 5) is 16.5. The zero-order valence-corrected chi connectivity index (χ0v) is 15.2. The van der Waals surface area contributed by atoms with E-state index in [-0.39, 0.29) is 11.9 Å². The second-order valence-corrected chi connectivity index (χ2v) is 6.81. The first kappa shape index (κ1) is 17.4. The normalized spacial score (nSPS) is 18.2. The Morgan fingerprint density at radius 2 is 2.15 bits per heavy atom. The first-order chi connectivity index (χ1) is 13.2. The third-order valence-corrected chi connectivity index (χ3v) is 4.91. The van der Waals surface area contributed by atoms with Crippen LogP contribution in [-0.4, -0.2) is 43.5 Å². The summed E-state index contributed by atoms with van der Waals surface area (Å²) in [5, 5.41) is 15.0. The average molecular weight is 365 g/mol. The number of hydrogen-bond acceptors (Lipinski definition) is 5. The number of benzene rings is 1. The fourth-order valence-corrected chi connectivity index (χ4v) is 3.33. The van der Waals surface area contributed by atoms with Crippen molar-refractivity contribution in [1.29, 1.82) is 0 Å². The van der Waals surface area contributed by atoms with Crippen molar-refractivity contribution in [1.82, 2.24) is 35.2 Å². The molecule has 2 N–H and O–H groups in total. The molecule has 4 rings (SSSR count). The molecule has 2 unspecified atom stereocenters. The summed E-state index contributed by atoms with van der Waals surface area (Å²) in [6, 6.07) is 9.85. The zero-order valence-electron chi connectivity index (χ0n) is 15.2. The molecule has 0 aliphatic carbocycles. The van der Waals surface area contributed by atoms with E-state index in [4.69, 9.17) is 0 Å². The molecule has 2 aromatic heterocycles. The third kappa shape index (κ3) is 3.90. The van der Waals surface area contributed by atoms with Gasteiger partial charge < -0.3 is 10.6 Å². The highest BCUT2D eigenvalue weighted by Crippen LogP contribution is 2.18. The number of nitrogens with zero attached hydrogens (tertiary/aromatic N) is 5. The molecule has 3 aromatic rings. The van der Waals surface area contributed by atoms with Crippen LogP contribution in [0.1, 0.15) is 47.9 Å². The van der Waals surface area contributed by atoms with Gasteiger partial charge in [-0.1, -0.05) is 12.1 Å². The van der Waals surface area contributed by atoms with E-state index >= 15 is 0 Å². The molecule has 1 fully saturated rings. The summed E-state index contributed by atoms with van der Waals surface area (Å²) in [5.74, 6) is -0.162. The van der Waals surface area contributed by atoms with Crippen molar-refractivity contribution in [3.63, 3.8) is 0 Å². The number of aromatic nitrogens is 5. The molecule has 8 nitrogen and oxygen atoms in total. The van der Waals surface area contributed by atoms with Crippen LogP contribution in [0.25, 0.3) is 5.69 Å². The van der Waals surface area contributed by atoms with E-state index in [1.54, 1.807) is 17.1 Å². The van der Waals surface area contributed by atoms with Crippen LogP contribution in [0, 0.1) is 0 Å². The van der Waals surface area contributed by atoms with Gasteiger partial charge in [0, 0.05) is 12.7 Å². The predicted octanol–water partition coefficient (Wildman–Crippen LogP) is 1.88. The fourth-order valence-electron chi connectivity index (χ4n) is 3.33. The van der Waals surface area contributed by atoms with E-state index in [0.29, 0.717) is 11.7 Å². The standard InChI is InChI=1S/C19H23N7O/c1-14(15-4-6-16(7-5-15)26-13-21-12-22-26)23-19(27)18-8-10-25(24-18)17-3-2-9-20-11-17/h4-8,10,12-14,17,20H,2-3,9,11H2,1H3,(H,23,27). The smallest absolute Gasteiger partial charge is 0.272 e. The molecule has 140 valence electrons. The molecule has 0 bridgehead atoms. The van der Waals surface area contributed by atoms with Gasteiger partial charge in [0.1, 0.15) is 18.3 Å². The summed E-state index contributed by atoms with van der Waals surface area (Å²) >= 11 is 0. The largest absolute Gasteiger partial charge is 0.344 e. The second kappa shape index (κ2) is 7.71. The summed E-state index contributed by atoms with van der Waals surface area (Å²) in [6.07, 6.45) is 7.26. The number of rotatable bonds is 5. The number of piperidine rings is 1. The molecule has 1 amide bonds. The predicted molar refractivity (Wildman–Crippen MR) is 101 cm³/mol. The SMILES string of the molecule is CC(NC(=O)c1ccn(C2CCCNC2)n1)c1ccc(-n2cncn2)cc1. The van der Waals surface area contributed by atoms with Crippen molar-refractivity contribution in [2.45, 2.75) is 31.8 Å². The molecule has 0 radical (unpaired) electrons. The number of nitrogens with one attached hydrogen (secondary N) is 2. The molecule has 3 heterocycles. The molecule has 1 saturated heterocycles. The minimum absolute atomic E-state index is 0.121. The van der Waals surface area contributed by atoms with Gasteiger partial charge in [-0.15, -0.1) is 0 Å². The van der Waals surface area contributed by atoms with E-state index in [2.05, 4.69) is 25.8 Å². The van der Waals surface area contributed by atoms with Crippen LogP contribution in [0.4, 0.5) is 0 Å². The Labute approximate surface area is 157 Å². The maximum atomic E-state index is 12.6. The van der Waals surface area contributed by atoms with Crippen molar-refractivity contribution in [3.05, 3.63) is 60.4 Å². The van der Waals surface area contributed by atoms with Crippen molar-refractivity contribution in [2.75, 3.05) is 13.1 Å². The van der Waals surface area contributed by atoms with Gasteiger partial charge in [0.25, 0.3) is 5.91 Å². The minimum Gasteiger partial charge on any atom is -0.344 e. The van der Waals surface area contributed by atoms with Crippen LogP contribution in [0.5, 0.6) is 0 Å². The Hall–Kier alpha value is -3.00. The number of carbonyl (C=O) groups is 1. The zero-order chi connectivity index (χ0) is 18.6. The summed E-state index contributed by atoms with van der Waals surface area (Å²) in [6.45, 7) is 3.92. The Bertz CT molecular complexity index is 879. The lowest BCUT2D eigenvalue weighted by molar-refractivity contribution is 0.0933. The van der Waals surface area contributed by atoms with Crippen LogP contribution in [0.2, 0.25) is 0 Å². The molecule has 8 heteroatoms. The Morgan fingerprint density at radius 1 is 1.30 bits per heavy atom. The van der Waals surface area contributed by atoms with Crippen molar-refractivity contribution in [3.8, 4) is 5.69 Å². The van der Waals surface area contributed by atoms with Crippen molar-refractivity contribution in [2.24, 2.45) is 0 Å². The summed E-state index contributed by atoms with van der Waals surface area (Å²) in [5.41, 5.74) is 2.39. The molecular weight excluding hydrogens is 342 g/mol. The Morgan fingerprint density at radius 3 is 2.85 bits per heavy atom. The molecule has 2 atom stereocenters. The van der Waals surface area contributed by atoms with Gasteiger partial charge in [-0.25, -0.2) is 9.67 Å². The highest BCUT2D eigenvalue weighted by atomic mass is 16.2. The molecule has 27 heavy (non-hydrogen) atoms. The molecule has 1 aromatic carbocycles. The summed E-state index contributed by atoms with van der Waals surface area (Å²) < 4.78 is 3.60. The van der Waals surface area contributed by atoms with E-state index in [1.807, 2.05) is 42.1 Å². The Balaban J connectivity index is 1.39. The third-order valence-electron chi connectivity index (χ3n) is 4.91. The lowest BCUT2D eigenvalue weighted by Crippen LogP contribution is -2.32. The number of amides is 1. The van der Waals surface area contributed by atoms with Crippen LogP contribution in [0.3, 0.4) is 0 Å². The number of hydrogen-bond donors (Lipinski definition) is 2. The molecule has 0 saturated carbocycles. The van der Waals surface area contributed by atoms with Gasteiger partial charge in [0.2, 0.25) is 0 Å². The van der Waals surface area contributed by atoms with Crippen LogP contribution in [0.15, 0.2) is 49.2 Å². The van der Waals surface area contributed by atoms with Gasteiger partial charge in [-0.05, 0) is 50.1 Å². The van der Waals surface area contributed by atoms with Crippen LogP contribution >= 0.6 is 0 Å². The van der Waals surface area contributed by atoms with Gasteiger partial charge in [0.15, 0.2) is 0 Å². The minimum atomic E-state index is -0.162. The average Bonchev–Trinajstić information content (AvgIpc) is 3.41. The van der Waals surface area contributed by atoms with E-state index < -0.39 is 0 Å². The quantitative estimate of drug-likeness (QED) is 0.721. The van der Waals surface area contributed by atoms with Gasteiger partial charge in [-0.2, -0.15) is 10.2 Å². The van der Waals surface area contributed by atoms with Crippen molar-refractivity contribution >= 4 is 5.91 Å². The van der Waals surface area contributed by atoms with Gasteiger partial charge >= 0.3 is 0 Å². The van der Waals surface area contributed by atoms with Crippen LogP contribution < -0.4 is 10.6 Å². The first-order valence-electron chi connectivity index (χ1n) is 9.22. The maximum absolute atomic E-state index is 12.6. The topological polar surface area (TPSA) is 89.7 Å². The molecule has 0 spiro atoms. The van der Waals surface area contributed by atoms with Crippen LogP contribution in [-0.2, 0) is 0 Å². The maximum Gasteiger partial charge on any atom is 0.272 e. The van der Waals surface area contributed by atoms with E-state index in [0.717, 1.165) is 37.2 Å². The molecular formula is C19H23N7O. The molecule has 1 aliphatic heterocycles. The molecule has 1 aliphatic rings. The summed E-state index contributed by atoms with van der Waals surface area (Å²) in [7, 11) is 0. The van der Waals surface area contributed by atoms with Crippen molar-refractivity contribution < 1.29 is 4.79 Å². The number of carbonyl (C=O) groups excluding carboxylic acids is 1. The van der Waals surface area contributed by atoms with Gasteiger partial charge in [0.05, 0.1) is 17.8 Å². The second-order valence-electron chi connectivity index (χ2n) is 6.81. The monoisotopic (exact) mass is 365 g/mol. The van der Waals surface area contributed by atoms with E-state index in [1.165, 1.54) is 6.33 Å². The first-order valence-corrected chi connectivity index (χ1v) is 9.22.